The fourth-order valence-corrected chi connectivity index (χ4v) is 6.32. The second-order valence-electron chi connectivity index (χ2n) is 16.1. The maximum Gasteiger partial charge on any atom is 0.306 e. The standard InChI is InChI=1S/C30H54O8.C17H32N2O5.H2/c1-37-23-24-38-22-16-18-27(31)21-20-26(30(35)36)25-28(32)17-14-12-10-8-6-4-2-3-5-7-9-11-13-15-19-29(33)34;1-4-16(21)19-9-10-23-11-12-24-13-17(22)18-8-6-5-7-14(2)15(3)20;/h26H,2-25H2,1H3,(H,33,34)(H,35,36);14H,4-13H2,1-3H3,(H,18,22)(H,19,21);1H/t26-;14-;/m10./s1. The first-order valence-electron chi connectivity index (χ1n) is 23.6. The summed E-state index contributed by atoms with van der Waals surface area (Å²) in [6.45, 7) is 9.07. The van der Waals surface area contributed by atoms with Gasteiger partial charge in [-0.2, -0.15) is 0 Å². The summed E-state index contributed by atoms with van der Waals surface area (Å²) in [5, 5.41) is 23.5. The number of hydrogen-bond acceptors (Lipinski definition) is 11. The highest BCUT2D eigenvalue weighted by Crippen LogP contribution is 2.18. The zero-order valence-electron chi connectivity index (χ0n) is 39.1. The Bertz CT molecular complexity index is 1170. The first-order valence-corrected chi connectivity index (χ1v) is 23.6. The number of amides is 2. The number of nitrogens with one attached hydrogen (secondary N) is 2. The average Bonchev–Trinajstić information content (AvgIpc) is 3.23. The number of ether oxygens (including phenoxy) is 4. The number of carboxylic acids is 2. The van der Waals surface area contributed by atoms with Crippen LogP contribution in [0.15, 0.2) is 0 Å². The molecular formula is C47H88N2O13. The highest BCUT2D eigenvalue weighted by atomic mass is 16.5. The molecule has 364 valence electrons. The SMILES string of the molecule is CCC(=O)NCCOCCOCC(=O)NCCCC[C@H](C)C(C)=O.COCCOCCCC(=O)CC[C@H](CC(=O)CCCCCCCCCCCCCCCCC(=O)O)C(=O)O.[HH]. The number of Topliss-reactive ketones (excluding diaryl/α,β-unsaturated/α-hetero) is 3. The number of rotatable bonds is 45. The smallest absolute Gasteiger partial charge is 0.306 e. The summed E-state index contributed by atoms with van der Waals surface area (Å²) in [5.74, 6) is -2.31. The molecule has 0 saturated heterocycles. The number of carboxylic acid groups (broad SMARTS) is 2. The van der Waals surface area contributed by atoms with Crippen LogP contribution in [0.25, 0.3) is 0 Å². The first-order chi connectivity index (χ1) is 29.8. The predicted molar refractivity (Wildman–Crippen MR) is 242 cm³/mol. The topological polar surface area (TPSA) is 221 Å². The van der Waals surface area contributed by atoms with Crippen LogP contribution < -0.4 is 10.6 Å². The van der Waals surface area contributed by atoms with Crippen molar-refractivity contribution < 1.29 is 64.1 Å². The normalized spacial score (nSPS) is 11.9. The van der Waals surface area contributed by atoms with Gasteiger partial charge in [-0.25, -0.2) is 0 Å². The van der Waals surface area contributed by atoms with Gasteiger partial charge >= 0.3 is 11.9 Å². The lowest BCUT2D eigenvalue weighted by Gasteiger charge is -2.11. The zero-order valence-corrected chi connectivity index (χ0v) is 39.1. The van der Waals surface area contributed by atoms with Gasteiger partial charge in [0.15, 0.2) is 0 Å². The molecule has 0 bridgehead atoms. The fraction of sp³-hybridized carbons (Fsp3) is 0.851. The Labute approximate surface area is 374 Å². The molecule has 2 amide bonds. The van der Waals surface area contributed by atoms with Crippen LogP contribution in [0.5, 0.6) is 0 Å². The Kier molecular flexibility index (Phi) is 44.9. The third kappa shape index (κ3) is 46.2. The molecule has 0 spiro atoms. The highest BCUT2D eigenvalue weighted by molar-refractivity contribution is 5.84. The quantitative estimate of drug-likeness (QED) is 0.0426. The molecule has 0 aromatic carbocycles. The van der Waals surface area contributed by atoms with E-state index in [1.807, 2.05) is 6.92 Å². The van der Waals surface area contributed by atoms with Crippen LogP contribution in [0.4, 0.5) is 0 Å². The van der Waals surface area contributed by atoms with Crippen molar-refractivity contribution in [2.24, 2.45) is 11.8 Å². The number of carbonyl (C=O) groups is 7. The fourth-order valence-electron chi connectivity index (χ4n) is 6.32. The number of ketones is 3. The minimum Gasteiger partial charge on any atom is -0.481 e. The van der Waals surface area contributed by atoms with Crippen molar-refractivity contribution in [3.63, 3.8) is 0 Å². The molecule has 0 aliphatic rings. The van der Waals surface area contributed by atoms with Gasteiger partial charge in [-0.05, 0) is 45.4 Å². The van der Waals surface area contributed by atoms with E-state index < -0.39 is 17.9 Å². The van der Waals surface area contributed by atoms with Gasteiger partial charge in [-0.15, -0.1) is 0 Å². The second kappa shape index (κ2) is 45.7. The van der Waals surface area contributed by atoms with Crippen molar-refractivity contribution in [1.82, 2.24) is 10.6 Å². The summed E-state index contributed by atoms with van der Waals surface area (Å²) in [6.07, 6.45) is 21.0. The molecule has 0 rings (SSSR count). The Morgan fingerprint density at radius 2 is 1.05 bits per heavy atom. The lowest BCUT2D eigenvalue weighted by atomic mass is 9.93. The molecule has 0 aromatic rings. The molecule has 2 atom stereocenters. The monoisotopic (exact) mass is 889 g/mol. The van der Waals surface area contributed by atoms with Crippen molar-refractivity contribution in [2.75, 3.05) is 66.4 Å². The summed E-state index contributed by atoms with van der Waals surface area (Å²) in [6, 6.07) is 0. The number of methoxy groups -OCH3 is 1. The van der Waals surface area contributed by atoms with Crippen molar-refractivity contribution in [3.05, 3.63) is 0 Å². The number of unbranched alkanes of at least 4 members (excludes halogenated alkanes) is 14. The Morgan fingerprint density at radius 3 is 1.60 bits per heavy atom. The molecule has 15 heteroatoms. The average molecular weight is 889 g/mol. The Morgan fingerprint density at radius 1 is 0.532 bits per heavy atom. The maximum atomic E-state index is 12.3. The summed E-state index contributed by atoms with van der Waals surface area (Å²) in [7, 11) is 1.60. The van der Waals surface area contributed by atoms with E-state index in [1.165, 1.54) is 51.4 Å². The molecule has 0 aliphatic carbocycles. The molecule has 0 unspecified atom stereocenters. The van der Waals surface area contributed by atoms with Crippen LogP contribution >= 0.6 is 0 Å². The lowest BCUT2D eigenvalue weighted by Crippen LogP contribution is -2.29. The minimum absolute atomic E-state index is 0. The van der Waals surface area contributed by atoms with Gasteiger partial charge in [0.2, 0.25) is 11.8 Å². The highest BCUT2D eigenvalue weighted by Gasteiger charge is 2.22. The van der Waals surface area contributed by atoms with Gasteiger partial charge in [0.25, 0.3) is 0 Å². The van der Waals surface area contributed by atoms with Crippen molar-refractivity contribution in [2.45, 2.75) is 181 Å². The van der Waals surface area contributed by atoms with Crippen LogP contribution in [-0.2, 0) is 52.5 Å². The van der Waals surface area contributed by atoms with Gasteiger partial charge < -0.3 is 39.8 Å². The minimum atomic E-state index is -0.996. The summed E-state index contributed by atoms with van der Waals surface area (Å²) in [4.78, 5) is 79.8. The van der Waals surface area contributed by atoms with Crippen molar-refractivity contribution in [1.29, 1.82) is 0 Å². The summed E-state index contributed by atoms with van der Waals surface area (Å²) in [5.41, 5.74) is 0. The van der Waals surface area contributed by atoms with E-state index in [0.717, 1.165) is 57.8 Å². The molecule has 62 heavy (non-hydrogen) atoms. The van der Waals surface area contributed by atoms with E-state index in [-0.39, 0.29) is 62.4 Å². The van der Waals surface area contributed by atoms with Crippen LogP contribution in [0.3, 0.4) is 0 Å². The molecule has 15 nitrogen and oxygen atoms in total. The van der Waals surface area contributed by atoms with E-state index in [2.05, 4.69) is 10.6 Å². The van der Waals surface area contributed by atoms with Gasteiger partial charge in [-0.3, -0.25) is 33.6 Å². The van der Waals surface area contributed by atoms with Gasteiger partial charge in [-0.1, -0.05) is 97.3 Å². The zero-order chi connectivity index (χ0) is 46.5. The number of aliphatic carboxylic acids is 2. The second-order valence-corrected chi connectivity index (χ2v) is 16.1. The summed E-state index contributed by atoms with van der Waals surface area (Å²) >= 11 is 0. The van der Waals surface area contributed by atoms with Crippen LogP contribution in [0, 0.1) is 11.8 Å². The summed E-state index contributed by atoms with van der Waals surface area (Å²) < 4.78 is 20.7. The maximum absolute atomic E-state index is 12.3. The Balaban J connectivity index is -0.00000124. The number of hydrogen-bond donors (Lipinski definition) is 4. The van der Waals surface area contributed by atoms with Crippen molar-refractivity contribution >= 4 is 41.1 Å². The van der Waals surface area contributed by atoms with E-state index in [4.69, 9.17) is 24.1 Å². The Hall–Kier alpha value is -3.27. The molecule has 0 aromatic heterocycles. The molecule has 0 saturated carbocycles. The molecule has 4 N–H and O–H groups in total. The molecular weight excluding hydrogens is 801 g/mol. The van der Waals surface area contributed by atoms with Crippen LogP contribution in [0.2, 0.25) is 0 Å². The van der Waals surface area contributed by atoms with Crippen molar-refractivity contribution in [3.8, 4) is 0 Å². The largest absolute Gasteiger partial charge is 0.481 e. The van der Waals surface area contributed by atoms with Crippen LogP contribution in [0.1, 0.15) is 183 Å². The van der Waals surface area contributed by atoms with E-state index in [9.17, 15) is 38.7 Å². The third-order valence-electron chi connectivity index (χ3n) is 10.4. The predicted octanol–water partition coefficient (Wildman–Crippen LogP) is 8.07. The van der Waals surface area contributed by atoms with Crippen LogP contribution in [-0.4, -0.2) is 118 Å². The van der Waals surface area contributed by atoms with Gasteiger partial charge in [0.05, 0.1) is 39.0 Å². The van der Waals surface area contributed by atoms with Gasteiger partial charge in [0.1, 0.15) is 24.0 Å². The lowest BCUT2D eigenvalue weighted by molar-refractivity contribution is -0.144. The van der Waals surface area contributed by atoms with E-state index in [1.54, 1.807) is 21.0 Å². The molecule has 0 aliphatic heterocycles. The molecule has 0 fully saturated rings. The van der Waals surface area contributed by atoms with E-state index in [0.29, 0.717) is 84.8 Å². The number of carbonyl (C=O) groups excluding carboxylic acids is 5. The molecule has 0 radical (unpaired) electrons. The molecule has 0 heterocycles. The van der Waals surface area contributed by atoms with E-state index >= 15 is 0 Å². The first kappa shape index (κ1) is 60.8. The van der Waals surface area contributed by atoms with Gasteiger partial charge in [0, 0.05) is 72.7 Å². The third-order valence-corrected chi connectivity index (χ3v) is 10.4.